The van der Waals surface area contributed by atoms with E-state index < -0.39 is 0 Å². The molecule has 0 aliphatic rings. The van der Waals surface area contributed by atoms with Crippen molar-refractivity contribution in [2.24, 2.45) is 0 Å². The molecule has 1 N–H and O–H groups in total. The molecule has 0 spiro atoms. The number of hydrogen-bond donors (Lipinski definition) is 1. The molecular weight excluding hydrogens is 253 g/mol. The van der Waals surface area contributed by atoms with Crippen molar-refractivity contribution < 1.29 is 4.39 Å². The van der Waals surface area contributed by atoms with Crippen LogP contribution in [0.25, 0.3) is 0 Å². The first kappa shape index (κ1) is 14.7. The van der Waals surface area contributed by atoms with Crippen LogP contribution in [0, 0.1) is 12.7 Å². The van der Waals surface area contributed by atoms with Crippen molar-refractivity contribution in [2.75, 3.05) is 0 Å². The lowest BCUT2D eigenvalue weighted by atomic mass is 10.1. The number of rotatable bonds is 4. The van der Waals surface area contributed by atoms with Crippen molar-refractivity contribution in [1.82, 2.24) is 15.1 Å². The summed E-state index contributed by atoms with van der Waals surface area (Å²) in [5.41, 5.74) is 2.93. The third-order valence-electron chi connectivity index (χ3n) is 3.20. The second-order valence-corrected chi connectivity index (χ2v) is 6.15. The quantitative estimate of drug-likeness (QED) is 0.927. The highest BCUT2D eigenvalue weighted by Gasteiger charge is 2.13. The summed E-state index contributed by atoms with van der Waals surface area (Å²) in [5, 5.41) is 7.72. The van der Waals surface area contributed by atoms with Crippen molar-refractivity contribution in [3.05, 3.63) is 53.1 Å². The summed E-state index contributed by atoms with van der Waals surface area (Å²) in [6, 6.07) is 5.21. The predicted molar refractivity (Wildman–Crippen MR) is 78.9 cm³/mol. The van der Waals surface area contributed by atoms with Crippen LogP contribution < -0.4 is 5.32 Å². The molecular formula is C16H22FN3. The second kappa shape index (κ2) is 5.75. The molecule has 1 aromatic heterocycles. The summed E-state index contributed by atoms with van der Waals surface area (Å²) in [6.45, 7) is 9.63. The van der Waals surface area contributed by atoms with Gasteiger partial charge in [-0.05, 0) is 44.9 Å². The summed E-state index contributed by atoms with van der Waals surface area (Å²) < 4.78 is 15.1. The molecule has 4 heteroatoms. The molecule has 2 aromatic rings. The minimum atomic E-state index is -0.153. The normalized spacial score (nSPS) is 11.8. The number of aromatic nitrogens is 2. The van der Waals surface area contributed by atoms with Gasteiger partial charge >= 0.3 is 0 Å². The van der Waals surface area contributed by atoms with E-state index in [0.717, 1.165) is 24.2 Å². The van der Waals surface area contributed by atoms with Gasteiger partial charge in [-0.2, -0.15) is 5.10 Å². The summed E-state index contributed by atoms with van der Waals surface area (Å²) in [5.74, 6) is -0.153. The molecule has 20 heavy (non-hydrogen) atoms. The average Bonchev–Trinajstić information content (AvgIpc) is 2.82. The Hall–Kier alpha value is -1.68. The zero-order valence-corrected chi connectivity index (χ0v) is 12.6. The molecule has 0 bridgehead atoms. The van der Waals surface area contributed by atoms with Gasteiger partial charge in [-0.25, -0.2) is 4.39 Å². The van der Waals surface area contributed by atoms with Gasteiger partial charge in [0.15, 0.2) is 0 Å². The highest BCUT2D eigenvalue weighted by Crippen LogP contribution is 2.13. The molecule has 0 unspecified atom stereocenters. The summed E-state index contributed by atoms with van der Waals surface area (Å²) in [4.78, 5) is 0. The fourth-order valence-electron chi connectivity index (χ4n) is 1.99. The maximum Gasteiger partial charge on any atom is 0.126 e. The standard InChI is InChI=1S/C16H22FN3/c1-12-7-13(5-6-15(12)17)8-18-9-14-10-19-20(11-14)16(2,3)4/h5-7,10-11,18H,8-9H2,1-4H3. The van der Waals surface area contributed by atoms with E-state index in [1.807, 2.05) is 23.0 Å². The van der Waals surface area contributed by atoms with Crippen LogP contribution in [0.3, 0.4) is 0 Å². The van der Waals surface area contributed by atoms with Gasteiger partial charge in [0.2, 0.25) is 0 Å². The van der Waals surface area contributed by atoms with Gasteiger partial charge in [-0.1, -0.05) is 12.1 Å². The maximum absolute atomic E-state index is 13.2. The Morgan fingerprint density at radius 2 is 1.90 bits per heavy atom. The molecule has 1 aromatic carbocycles. The van der Waals surface area contributed by atoms with Crippen LogP contribution in [-0.4, -0.2) is 9.78 Å². The Morgan fingerprint density at radius 1 is 1.20 bits per heavy atom. The van der Waals surface area contributed by atoms with Crippen LogP contribution in [0.5, 0.6) is 0 Å². The van der Waals surface area contributed by atoms with Gasteiger partial charge in [0.1, 0.15) is 5.82 Å². The van der Waals surface area contributed by atoms with E-state index >= 15 is 0 Å². The molecule has 1 heterocycles. The molecule has 0 saturated heterocycles. The third kappa shape index (κ3) is 3.67. The number of nitrogens with zero attached hydrogens (tertiary/aromatic N) is 2. The number of nitrogens with one attached hydrogen (secondary N) is 1. The lowest BCUT2D eigenvalue weighted by Gasteiger charge is -2.18. The van der Waals surface area contributed by atoms with Crippen LogP contribution in [0.15, 0.2) is 30.6 Å². The SMILES string of the molecule is Cc1cc(CNCc2cnn(C(C)(C)C)c2)ccc1F. The first-order valence-electron chi connectivity index (χ1n) is 6.86. The molecule has 0 atom stereocenters. The zero-order chi connectivity index (χ0) is 14.8. The van der Waals surface area contributed by atoms with E-state index in [2.05, 4.69) is 37.4 Å². The zero-order valence-electron chi connectivity index (χ0n) is 12.6. The molecule has 108 valence electrons. The molecule has 0 aliphatic heterocycles. The largest absolute Gasteiger partial charge is 0.309 e. The van der Waals surface area contributed by atoms with Crippen LogP contribution >= 0.6 is 0 Å². The van der Waals surface area contributed by atoms with Gasteiger partial charge in [-0.3, -0.25) is 4.68 Å². The topological polar surface area (TPSA) is 29.9 Å². The minimum Gasteiger partial charge on any atom is -0.309 e. The second-order valence-electron chi connectivity index (χ2n) is 6.15. The molecule has 0 fully saturated rings. The lowest BCUT2D eigenvalue weighted by Crippen LogP contribution is -2.22. The number of benzene rings is 1. The average molecular weight is 275 g/mol. The van der Waals surface area contributed by atoms with Gasteiger partial charge in [-0.15, -0.1) is 0 Å². The summed E-state index contributed by atoms with van der Waals surface area (Å²) >= 11 is 0. The van der Waals surface area contributed by atoms with E-state index in [4.69, 9.17) is 0 Å². The lowest BCUT2D eigenvalue weighted by molar-refractivity contribution is 0.355. The number of hydrogen-bond acceptors (Lipinski definition) is 2. The smallest absolute Gasteiger partial charge is 0.126 e. The molecule has 0 amide bonds. The molecule has 3 nitrogen and oxygen atoms in total. The van der Waals surface area contributed by atoms with E-state index in [0.29, 0.717) is 5.56 Å². The van der Waals surface area contributed by atoms with Crippen LogP contribution in [0.1, 0.15) is 37.5 Å². The van der Waals surface area contributed by atoms with E-state index in [-0.39, 0.29) is 11.4 Å². The van der Waals surface area contributed by atoms with E-state index in [1.165, 1.54) is 6.07 Å². The van der Waals surface area contributed by atoms with Crippen molar-refractivity contribution in [3.8, 4) is 0 Å². The maximum atomic E-state index is 13.2. The molecule has 2 rings (SSSR count). The highest BCUT2D eigenvalue weighted by atomic mass is 19.1. The summed E-state index contributed by atoms with van der Waals surface area (Å²) in [7, 11) is 0. The van der Waals surface area contributed by atoms with Crippen molar-refractivity contribution >= 4 is 0 Å². The molecule has 0 saturated carbocycles. The highest BCUT2D eigenvalue weighted by molar-refractivity contribution is 5.23. The molecule has 0 aliphatic carbocycles. The fraction of sp³-hybridized carbons (Fsp3) is 0.438. The van der Waals surface area contributed by atoms with Gasteiger partial charge in [0.25, 0.3) is 0 Å². The van der Waals surface area contributed by atoms with Gasteiger partial charge < -0.3 is 5.32 Å². The number of halogens is 1. The van der Waals surface area contributed by atoms with Crippen LogP contribution in [0.4, 0.5) is 4.39 Å². The van der Waals surface area contributed by atoms with Crippen molar-refractivity contribution in [2.45, 2.75) is 46.3 Å². The third-order valence-corrected chi connectivity index (χ3v) is 3.20. The van der Waals surface area contributed by atoms with E-state index in [9.17, 15) is 4.39 Å². The Balaban J connectivity index is 1.89. The summed E-state index contributed by atoms with van der Waals surface area (Å²) in [6.07, 6.45) is 3.94. The first-order chi connectivity index (χ1) is 9.36. The van der Waals surface area contributed by atoms with Crippen LogP contribution in [0.2, 0.25) is 0 Å². The van der Waals surface area contributed by atoms with E-state index in [1.54, 1.807) is 6.92 Å². The number of aryl methyl sites for hydroxylation is 1. The Morgan fingerprint density at radius 3 is 2.50 bits per heavy atom. The van der Waals surface area contributed by atoms with Gasteiger partial charge in [0, 0.05) is 24.8 Å². The Bertz CT molecular complexity index is 582. The van der Waals surface area contributed by atoms with Gasteiger partial charge in [0.05, 0.1) is 11.7 Å². The Kier molecular flexibility index (Phi) is 4.23. The van der Waals surface area contributed by atoms with Crippen molar-refractivity contribution in [3.63, 3.8) is 0 Å². The van der Waals surface area contributed by atoms with Crippen LogP contribution in [-0.2, 0) is 18.6 Å². The minimum absolute atomic E-state index is 0.00627. The monoisotopic (exact) mass is 275 g/mol. The molecule has 0 radical (unpaired) electrons. The fourth-order valence-corrected chi connectivity index (χ4v) is 1.99. The Labute approximate surface area is 119 Å². The van der Waals surface area contributed by atoms with Crippen molar-refractivity contribution in [1.29, 1.82) is 0 Å². The first-order valence-corrected chi connectivity index (χ1v) is 6.86. The predicted octanol–water partition coefficient (Wildman–Crippen LogP) is 3.38.